The molecular formula is C25H28N2O4S. The van der Waals surface area contributed by atoms with Crippen molar-refractivity contribution in [2.75, 3.05) is 22.8 Å². The normalized spacial score (nSPS) is 11.1. The highest BCUT2D eigenvalue weighted by Crippen LogP contribution is 2.32. The molecule has 0 unspecified atom stereocenters. The number of nitrogens with zero attached hydrogens (tertiary/aromatic N) is 1. The van der Waals surface area contributed by atoms with Gasteiger partial charge >= 0.3 is 0 Å². The van der Waals surface area contributed by atoms with Crippen LogP contribution in [0.1, 0.15) is 25.0 Å². The molecule has 0 aliphatic rings. The number of sulfonamides is 1. The molecule has 168 valence electrons. The molecule has 0 aromatic heterocycles. The van der Waals surface area contributed by atoms with Crippen LogP contribution in [0.4, 0.5) is 11.4 Å². The minimum absolute atomic E-state index is 0.101. The van der Waals surface area contributed by atoms with Crippen LogP contribution in [0, 0.1) is 6.92 Å². The van der Waals surface area contributed by atoms with Gasteiger partial charge in [0, 0.05) is 5.69 Å². The van der Waals surface area contributed by atoms with Crippen molar-refractivity contribution in [1.82, 2.24) is 0 Å². The number of rotatable bonds is 9. The van der Waals surface area contributed by atoms with Crippen molar-refractivity contribution in [3.8, 4) is 5.75 Å². The van der Waals surface area contributed by atoms with Gasteiger partial charge in [-0.15, -0.1) is 0 Å². The van der Waals surface area contributed by atoms with Crippen molar-refractivity contribution < 1.29 is 17.9 Å². The van der Waals surface area contributed by atoms with Crippen LogP contribution >= 0.6 is 0 Å². The van der Waals surface area contributed by atoms with Crippen LogP contribution in [-0.4, -0.2) is 27.5 Å². The molecule has 0 radical (unpaired) electrons. The molecule has 0 saturated heterocycles. The van der Waals surface area contributed by atoms with Gasteiger partial charge in [-0.3, -0.25) is 9.10 Å². The molecule has 0 spiro atoms. The molecule has 0 saturated carbocycles. The molecule has 0 bridgehead atoms. The minimum Gasteiger partial charge on any atom is -0.492 e. The maximum atomic E-state index is 13.6. The number of benzene rings is 3. The molecule has 0 aliphatic carbocycles. The number of nitrogens with one attached hydrogen (secondary N) is 1. The fraction of sp³-hybridized carbons (Fsp3) is 0.240. The molecule has 1 amide bonds. The molecule has 6 nitrogen and oxygen atoms in total. The lowest BCUT2D eigenvalue weighted by Crippen LogP contribution is -2.38. The SMILES string of the molecule is CCOc1ccccc1N(CC(=O)Nc1c(C)cccc1CC)S(=O)(=O)c1ccccc1. The number of ether oxygens (including phenoxy) is 1. The summed E-state index contributed by atoms with van der Waals surface area (Å²) < 4.78 is 33.9. The molecule has 1 N–H and O–H groups in total. The lowest BCUT2D eigenvalue weighted by atomic mass is 10.1. The van der Waals surface area contributed by atoms with Crippen LogP contribution in [0.3, 0.4) is 0 Å². The monoisotopic (exact) mass is 452 g/mol. The van der Waals surface area contributed by atoms with Gasteiger partial charge in [0.1, 0.15) is 12.3 Å². The highest BCUT2D eigenvalue weighted by Gasteiger charge is 2.29. The molecule has 32 heavy (non-hydrogen) atoms. The summed E-state index contributed by atoms with van der Waals surface area (Å²) in [6.45, 7) is 5.72. The fourth-order valence-electron chi connectivity index (χ4n) is 3.47. The maximum Gasteiger partial charge on any atom is 0.264 e. The summed E-state index contributed by atoms with van der Waals surface area (Å²) in [6, 6.07) is 20.7. The smallest absolute Gasteiger partial charge is 0.264 e. The largest absolute Gasteiger partial charge is 0.492 e. The second-order valence-corrected chi connectivity index (χ2v) is 9.10. The van der Waals surface area contributed by atoms with E-state index in [9.17, 15) is 13.2 Å². The number of carbonyl (C=O) groups is 1. The zero-order valence-corrected chi connectivity index (χ0v) is 19.4. The van der Waals surface area contributed by atoms with Crippen molar-refractivity contribution in [2.45, 2.75) is 32.1 Å². The summed E-state index contributed by atoms with van der Waals surface area (Å²) in [5.74, 6) is -0.0350. The summed E-state index contributed by atoms with van der Waals surface area (Å²) in [4.78, 5) is 13.2. The van der Waals surface area contributed by atoms with E-state index >= 15 is 0 Å². The van der Waals surface area contributed by atoms with E-state index in [2.05, 4.69) is 5.32 Å². The Bertz CT molecular complexity index is 1180. The van der Waals surface area contributed by atoms with Crippen LogP contribution in [0.25, 0.3) is 0 Å². The van der Waals surface area contributed by atoms with Gasteiger partial charge in [0.25, 0.3) is 10.0 Å². The van der Waals surface area contributed by atoms with E-state index < -0.39 is 22.5 Å². The molecule has 7 heteroatoms. The molecule has 0 atom stereocenters. The van der Waals surface area contributed by atoms with Gasteiger partial charge in [-0.25, -0.2) is 8.42 Å². The predicted octanol–water partition coefficient (Wildman–Crippen LogP) is 4.79. The Hall–Kier alpha value is -3.32. The number of para-hydroxylation sites is 3. The maximum absolute atomic E-state index is 13.6. The van der Waals surface area contributed by atoms with Crippen LogP contribution in [0.5, 0.6) is 5.75 Å². The average molecular weight is 453 g/mol. The van der Waals surface area contributed by atoms with Gasteiger partial charge < -0.3 is 10.1 Å². The van der Waals surface area contributed by atoms with Crippen molar-refractivity contribution >= 4 is 27.3 Å². The van der Waals surface area contributed by atoms with Crippen molar-refractivity contribution in [1.29, 1.82) is 0 Å². The number of anilines is 2. The van der Waals surface area contributed by atoms with Gasteiger partial charge in [0.15, 0.2) is 0 Å². The van der Waals surface area contributed by atoms with Crippen molar-refractivity contribution in [3.63, 3.8) is 0 Å². The summed E-state index contributed by atoms with van der Waals surface area (Å²) in [6.07, 6.45) is 0.747. The quantitative estimate of drug-likeness (QED) is 0.506. The summed E-state index contributed by atoms with van der Waals surface area (Å²) in [5.41, 5.74) is 2.94. The third-order valence-electron chi connectivity index (χ3n) is 5.06. The fourth-order valence-corrected chi connectivity index (χ4v) is 4.92. The van der Waals surface area contributed by atoms with Crippen LogP contribution in [0.2, 0.25) is 0 Å². The number of aryl methyl sites for hydroxylation is 2. The first-order valence-corrected chi connectivity index (χ1v) is 12.0. The number of hydrogen-bond acceptors (Lipinski definition) is 4. The average Bonchev–Trinajstić information content (AvgIpc) is 2.80. The molecule has 0 aliphatic heterocycles. The second-order valence-electron chi connectivity index (χ2n) is 7.24. The first-order valence-electron chi connectivity index (χ1n) is 10.6. The lowest BCUT2D eigenvalue weighted by Gasteiger charge is -2.26. The predicted molar refractivity (Wildman–Crippen MR) is 128 cm³/mol. The van der Waals surface area contributed by atoms with E-state index in [1.165, 1.54) is 12.1 Å². The van der Waals surface area contributed by atoms with Crippen LogP contribution < -0.4 is 14.4 Å². The van der Waals surface area contributed by atoms with Gasteiger partial charge in [0.2, 0.25) is 5.91 Å². The van der Waals surface area contributed by atoms with Crippen LogP contribution in [-0.2, 0) is 21.2 Å². The Morgan fingerprint density at radius 2 is 1.62 bits per heavy atom. The van der Waals surface area contributed by atoms with E-state index in [4.69, 9.17) is 4.74 Å². The summed E-state index contributed by atoms with van der Waals surface area (Å²) >= 11 is 0. The number of hydrogen-bond donors (Lipinski definition) is 1. The zero-order chi connectivity index (χ0) is 23.1. The molecule has 0 fully saturated rings. The van der Waals surface area contributed by atoms with Crippen molar-refractivity contribution in [2.24, 2.45) is 0 Å². The third kappa shape index (κ3) is 5.11. The van der Waals surface area contributed by atoms with Gasteiger partial charge in [-0.2, -0.15) is 0 Å². The van der Waals surface area contributed by atoms with Gasteiger partial charge in [-0.1, -0.05) is 55.5 Å². The first-order chi connectivity index (χ1) is 15.4. The minimum atomic E-state index is -4.02. The second kappa shape index (κ2) is 10.3. The Morgan fingerprint density at radius 1 is 0.938 bits per heavy atom. The van der Waals surface area contributed by atoms with E-state index in [0.29, 0.717) is 18.0 Å². The Balaban J connectivity index is 2.02. The van der Waals surface area contributed by atoms with E-state index in [0.717, 1.165) is 27.5 Å². The van der Waals surface area contributed by atoms with E-state index in [1.54, 1.807) is 42.5 Å². The highest BCUT2D eigenvalue weighted by molar-refractivity contribution is 7.92. The molecule has 0 heterocycles. The van der Waals surface area contributed by atoms with E-state index in [1.807, 2.05) is 39.0 Å². The Labute approximate surface area is 189 Å². The highest BCUT2D eigenvalue weighted by atomic mass is 32.2. The Morgan fingerprint density at radius 3 is 2.31 bits per heavy atom. The summed E-state index contributed by atoms with van der Waals surface area (Å²) in [5, 5.41) is 2.92. The van der Waals surface area contributed by atoms with Crippen LogP contribution in [0.15, 0.2) is 77.7 Å². The number of carbonyl (C=O) groups excluding carboxylic acids is 1. The molecule has 3 aromatic carbocycles. The zero-order valence-electron chi connectivity index (χ0n) is 18.5. The first kappa shape index (κ1) is 23.3. The van der Waals surface area contributed by atoms with E-state index in [-0.39, 0.29) is 4.90 Å². The summed E-state index contributed by atoms with van der Waals surface area (Å²) in [7, 11) is -4.02. The standard InChI is InChI=1S/C25H28N2O4S/c1-4-20-13-11-12-19(3)25(20)26-24(28)18-27(22-16-9-10-17-23(22)31-5-2)32(29,30)21-14-7-6-8-15-21/h6-17H,4-5,18H2,1-3H3,(H,26,28). The van der Waals surface area contributed by atoms with Gasteiger partial charge in [0.05, 0.1) is 17.2 Å². The number of amides is 1. The molecule has 3 rings (SSSR count). The Kier molecular flexibility index (Phi) is 7.53. The third-order valence-corrected chi connectivity index (χ3v) is 6.83. The topological polar surface area (TPSA) is 75.7 Å². The molecular weight excluding hydrogens is 424 g/mol. The van der Waals surface area contributed by atoms with Gasteiger partial charge in [-0.05, 0) is 55.7 Å². The molecule has 3 aromatic rings. The van der Waals surface area contributed by atoms with Crippen molar-refractivity contribution in [3.05, 3.63) is 83.9 Å². The lowest BCUT2D eigenvalue weighted by molar-refractivity contribution is -0.114.